The molecule has 0 aliphatic carbocycles. The fourth-order valence-corrected chi connectivity index (χ4v) is 3.56. The van der Waals surface area contributed by atoms with E-state index in [2.05, 4.69) is 5.32 Å². The van der Waals surface area contributed by atoms with Gasteiger partial charge >= 0.3 is 5.97 Å². The molecule has 0 unspecified atom stereocenters. The molecule has 1 aliphatic heterocycles. The highest BCUT2D eigenvalue weighted by Crippen LogP contribution is 2.27. The van der Waals surface area contributed by atoms with Gasteiger partial charge in [0.1, 0.15) is 0 Å². The molecule has 1 aromatic carbocycles. The summed E-state index contributed by atoms with van der Waals surface area (Å²) in [5.74, 6) is 0.279. The molecule has 0 bridgehead atoms. The maximum absolute atomic E-state index is 12.3. The molecule has 9 nitrogen and oxygen atoms in total. The average Bonchev–Trinajstić information content (AvgIpc) is 3.37. The molecule has 1 aromatic heterocycles. The molecule has 1 saturated heterocycles. The lowest BCUT2D eigenvalue weighted by molar-refractivity contribution is -0.153. The molecule has 9 heteroatoms. The lowest BCUT2D eigenvalue weighted by Crippen LogP contribution is -2.41. The molecule has 2 aromatic rings. The van der Waals surface area contributed by atoms with Gasteiger partial charge in [-0.3, -0.25) is 14.4 Å². The highest BCUT2D eigenvalue weighted by Gasteiger charge is 2.29. The molecule has 2 amide bonds. The number of ether oxygens (including phenoxy) is 3. The Morgan fingerprint density at radius 2 is 1.84 bits per heavy atom. The maximum atomic E-state index is 12.3. The van der Waals surface area contributed by atoms with E-state index < -0.39 is 5.97 Å². The van der Waals surface area contributed by atoms with Crippen molar-refractivity contribution in [3.63, 3.8) is 0 Å². The number of amides is 2. The van der Waals surface area contributed by atoms with Gasteiger partial charge in [0.2, 0.25) is 0 Å². The van der Waals surface area contributed by atoms with E-state index in [1.807, 2.05) is 18.2 Å². The van der Waals surface area contributed by atoms with Gasteiger partial charge in [-0.15, -0.1) is 0 Å². The van der Waals surface area contributed by atoms with Gasteiger partial charge in [-0.2, -0.15) is 0 Å². The summed E-state index contributed by atoms with van der Waals surface area (Å²) in [5.41, 5.74) is 0.982. The van der Waals surface area contributed by atoms with E-state index in [1.54, 1.807) is 31.3 Å². The number of hydrogen-bond donors (Lipinski definition) is 1. The summed E-state index contributed by atoms with van der Waals surface area (Å²) in [6.45, 7) is 0.961. The van der Waals surface area contributed by atoms with Crippen molar-refractivity contribution in [1.29, 1.82) is 0 Å². The number of piperidine rings is 1. The normalized spacial score (nSPS) is 14.0. The number of nitrogens with one attached hydrogen (secondary N) is 1. The van der Waals surface area contributed by atoms with Crippen LogP contribution < -0.4 is 14.8 Å². The molecule has 0 atom stereocenters. The van der Waals surface area contributed by atoms with E-state index in [1.165, 1.54) is 6.26 Å². The van der Waals surface area contributed by atoms with Crippen LogP contribution in [-0.4, -0.2) is 63.1 Å². The van der Waals surface area contributed by atoms with Gasteiger partial charge < -0.3 is 28.8 Å². The minimum atomic E-state index is -0.412. The van der Waals surface area contributed by atoms with Crippen LogP contribution in [0.25, 0.3) is 0 Å². The van der Waals surface area contributed by atoms with Gasteiger partial charge in [0.15, 0.2) is 23.9 Å². The number of furan rings is 1. The first-order chi connectivity index (χ1) is 15.5. The molecular weight excluding hydrogens is 416 g/mol. The van der Waals surface area contributed by atoms with Crippen LogP contribution in [0.1, 0.15) is 29.0 Å². The molecule has 32 heavy (non-hydrogen) atoms. The number of hydrogen-bond acceptors (Lipinski definition) is 7. The van der Waals surface area contributed by atoms with Crippen LogP contribution in [0.2, 0.25) is 0 Å². The monoisotopic (exact) mass is 444 g/mol. The first kappa shape index (κ1) is 23.2. The molecule has 1 N–H and O–H groups in total. The van der Waals surface area contributed by atoms with Crippen molar-refractivity contribution in [1.82, 2.24) is 10.2 Å². The van der Waals surface area contributed by atoms with Crippen molar-refractivity contribution < 1.29 is 33.0 Å². The van der Waals surface area contributed by atoms with Crippen molar-refractivity contribution in [2.75, 3.05) is 40.5 Å². The van der Waals surface area contributed by atoms with Gasteiger partial charge in [-0.05, 0) is 49.1 Å². The maximum Gasteiger partial charge on any atom is 0.309 e. The lowest BCUT2D eigenvalue weighted by atomic mass is 9.97. The van der Waals surface area contributed by atoms with E-state index in [4.69, 9.17) is 18.6 Å². The van der Waals surface area contributed by atoms with Crippen molar-refractivity contribution in [3.05, 3.63) is 47.9 Å². The van der Waals surface area contributed by atoms with Crippen LogP contribution in [0.3, 0.4) is 0 Å². The SMILES string of the molecule is COc1ccc(CCNC(=O)COC(=O)C2CCN(C(=O)c3ccco3)CC2)cc1OC. The van der Waals surface area contributed by atoms with E-state index in [0.717, 1.165) is 5.56 Å². The van der Waals surface area contributed by atoms with Crippen LogP contribution in [0.5, 0.6) is 11.5 Å². The van der Waals surface area contributed by atoms with Crippen molar-refractivity contribution in [3.8, 4) is 11.5 Å². The van der Waals surface area contributed by atoms with E-state index in [9.17, 15) is 14.4 Å². The zero-order chi connectivity index (χ0) is 22.9. The van der Waals surface area contributed by atoms with E-state index >= 15 is 0 Å². The third-order valence-electron chi connectivity index (χ3n) is 5.38. The predicted molar refractivity (Wildman–Crippen MR) is 115 cm³/mol. The molecule has 0 saturated carbocycles. The van der Waals surface area contributed by atoms with Gasteiger partial charge in [0, 0.05) is 19.6 Å². The standard InChI is InChI=1S/C23H28N2O7/c1-29-18-6-5-16(14-20(18)30-2)7-10-24-21(26)15-32-23(28)17-8-11-25(12-9-17)22(27)19-4-3-13-31-19/h3-6,13-14,17H,7-12,15H2,1-2H3,(H,24,26). The Morgan fingerprint density at radius 1 is 1.09 bits per heavy atom. The highest BCUT2D eigenvalue weighted by atomic mass is 16.5. The van der Waals surface area contributed by atoms with Gasteiger partial charge in [0.25, 0.3) is 11.8 Å². The summed E-state index contributed by atoms with van der Waals surface area (Å²) in [6, 6.07) is 8.85. The van der Waals surface area contributed by atoms with Crippen molar-refractivity contribution in [2.24, 2.45) is 5.92 Å². The molecular formula is C23H28N2O7. The third kappa shape index (κ3) is 6.03. The first-order valence-electron chi connectivity index (χ1n) is 10.5. The molecule has 0 spiro atoms. The Hall–Kier alpha value is -3.49. The topological polar surface area (TPSA) is 107 Å². The van der Waals surface area contributed by atoms with Gasteiger partial charge in [0.05, 0.1) is 26.4 Å². The summed E-state index contributed by atoms with van der Waals surface area (Å²) in [6.07, 6.45) is 3.04. The first-order valence-corrected chi connectivity index (χ1v) is 10.5. The minimum Gasteiger partial charge on any atom is -0.493 e. The van der Waals surface area contributed by atoms with Crippen LogP contribution in [0.4, 0.5) is 0 Å². The predicted octanol–water partition coefficient (Wildman–Crippen LogP) is 2.05. The summed E-state index contributed by atoms with van der Waals surface area (Å²) in [7, 11) is 3.14. The fourth-order valence-electron chi connectivity index (χ4n) is 3.56. The van der Waals surface area contributed by atoms with Crippen molar-refractivity contribution in [2.45, 2.75) is 19.3 Å². The number of carbonyl (C=O) groups is 3. The third-order valence-corrected chi connectivity index (χ3v) is 5.38. The molecule has 3 rings (SSSR count). The van der Waals surface area contributed by atoms with Gasteiger partial charge in [-0.1, -0.05) is 6.07 Å². The molecule has 172 valence electrons. The molecule has 0 radical (unpaired) electrons. The zero-order valence-corrected chi connectivity index (χ0v) is 18.3. The summed E-state index contributed by atoms with van der Waals surface area (Å²) >= 11 is 0. The summed E-state index contributed by atoms with van der Waals surface area (Å²) < 4.78 is 20.8. The second-order valence-corrected chi connectivity index (χ2v) is 7.44. The summed E-state index contributed by atoms with van der Waals surface area (Å²) in [4.78, 5) is 38.2. The highest BCUT2D eigenvalue weighted by molar-refractivity contribution is 5.91. The molecule has 1 fully saturated rings. The second-order valence-electron chi connectivity index (χ2n) is 7.44. The Morgan fingerprint density at radius 3 is 2.50 bits per heavy atom. The Kier molecular flexibility index (Phi) is 8.13. The van der Waals surface area contributed by atoms with Crippen LogP contribution in [0, 0.1) is 5.92 Å². The average molecular weight is 444 g/mol. The number of rotatable bonds is 9. The smallest absolute Gasteiger partial charge is 0.309 e. The lowest BCUT2D eigenvalue weighted by Gasteiger charge is -2.30. The Balaban J connectivity index is 1.34. The largest absolute Gasteiger partial charge is 0.493 e. The number of benzene rings is 1. The van der Waals surface area contributed by atoms with E-state index in [-0.39, 0.29) is 30.1 Å². The van der Waals surface area contributed by atoms with E-state index in [0.29, 0.717) is 50.4 Å². The molecule has 2 heterocycles. The van der Waals surface area contributed by atoms with Crippen LogP contribution in [0.15, 0.2) is 41.0 Å². The minimum absolute atomic E-state index is 0.185. The number of esters is 1. The Bertz CT molecular complexity index is 918. The van der Waals surface area contributed by atoms with Crippen LogP contribution in [-0.2, 0) is 20.7 Å². The quantitative estimate of drug-likeness (QED) is 0.590. The molecule has 1 aliphatic rings. The number of carbonyl (C=O) groups excluding carboxylic acids is 3. The van der Waals surface area contributed by atoms with Crippen LogP contribution >= 0.6 is 0 Å². The summed E-state index contributed by atoms with van der Waals surface area (Å²) in [5, 5.41) is 2.74. The van der Waals surface area contributed by atoms with Gasteiger partial charge in [-0.25, -0.2) is 0 Å². The Labute approximate surface area is 186 Å². The van der Waals surface area contributed by atoms with Crippen molar-refractivity contribution >= 4 is 17.8 Å². The number of methoxy groups -OCH3 is 2. The number of nitrogens with zero attached hydrogens (tertiary/aromatic N) is 1. The fraction of sp³-hybridized carbons (Fsp3) is 0.435. The second kappa shape index (κ2) is 11.2. The zero-order valence-electron chi connectivity index (χ0n) is 18.3. The number of likely N-dealkylation sites (tertiary alicyclic amines) is 1.